The van der Waals surface area contributed by atoms with Crippen molar-refractivity contribution in [2.24, 2.45) is 0 Å². The number of nitrogens with zero attached hydrogens (tertiary/aromatic N) is 2. The molecule has 0 bridgehead atoms. The first-order valence-electron chi connectivity index (χ1n) is 9.68. The molecule has 1 fully saturated rings. The Kier molecular flexibility index (Phi) is 7.22. The quantitative estimate of drug-likeness (QED) is 0.729. The van der Waals surface area contributed by atoms with Gasteiger partial charge >= 0.3 is 0 Å². The number of nitrogens with one attached hydrogen (secondary N) is 2. The maximum atomic E-state index is 12.5. The molecular formula is C21H28N4O3. The van der Waals surface area contributed by atoms with Crippen LogP contribution in [0.1, 0.15) is 24.3 Å². The summed E-state index contributed by atoms with van der Waals surface area (Å²) >= 11 is 0. The molecule has 0 radical (unpaired) electrons. The molecule has 7 heteroatoms. The van der Waals surface area contributed by atoms with Gasteiger partial charge in [0.05, 0.1) is 19.3 Å². The first-order chi connectivity index (χ1) is 13.6. The summed E-state index contributed by atoms with van der Waals surface area (Å²) in [4.78, 5) is 19.0. The second kappa shape index (κ2) is 10.1. The minimum absolute atomic E-state index is 0.114. The normalized spacial score (nSPS) is 14.7. The Bertz CT molecular complexity index is 759. The molecule has 3 rings (SSSR count). The van der Waals surface area contributed by atoms with Crippen LogP contribution < -0.4 is 15.4 Å². The summed E-state index contributed by atoms with van der Waals surface area (Å²) in [5.74, 6) is 0.534. The fraction of sp³-hybridized carbons (Fsp3) is 0.429. The van der Waals surface area contributed by atoms with Crippen LogP contribution in [0.3, 0.4) is 0 Å². The molecule has 1 saturated heterocycles. The summed E-state index contributed by atoms with van der Waals surface area (Å²) in [5.41, 5.74) is 1.96. The molecule has 2 heterocycles. The first kappa shape index (κ1) is 20.1. The Hall–Kier alpha value is -2.64. The molecule has 28 heavy (non-hydrogen) atoms. The smallest absolute Gasteiger partial charge is 0.274 e. The summed E-state index contributed by atoms with van der Waals surface area (Å²) < 4.78 is 11.0. The van der Waals surface area contributed by atoms with E-state index in [0.29, 0.717) is 11.4 Å². The molecule has 2 N–H and O–H groups in total. The van der Waals surface area contributed by atoms with E-state index in [1.54, 1.807) is 12.3 Å². The van der Waals surface area contributed by atoms with Gasteiger partial charge in [-0.15, -0.1) is 0 Å². The number of carbonyl (C=O) groups is 1. The molecule has 1 aliphatic heterocycles. The van der Waals surface area contributed by atoms with E-state index in [0.717, 1.165) is 50.8 Å². The summed E-state index contributed by atoms with van der Waals surface area (Å²) in [6.45, 7) is 9.22. The minimum atomic E-state index is -0.241. The van der Waals surface area contributed by atoms with Crippen LogP contribution in [0, 0.1) is 0 Å². The maximum Gasteiger partial charge on any atom is 0.274 e. The van der Waals surface area contributed by atoms with Gasteiger partial charge in [0.2, 0.25) is 0 Å². The fourth-order valence-corrected chi connectivity index (χ4v) is 2.93. The topological polar surface area (TPSA) is 75.7 Å². The molecule has 0 aliphatic carbocycles. The third kappa shape index (κ3) is 6.21. The Morgan fingerprint density at radius 2 is 1.93 bits per heavy atom. The molecule has 0 spiro atoms. The molecule has 1 aromatic heterocycles. The van der Waals surface area contributed by atoms with E-state index in [1.807, 2.05) is 44.2 Å². The van der Waals surface area contributed by atoms with E-state index in [9.17, 15) is 4.79 Å². The number of carbonyl (C=O) groups excluding carboxylic acids is 1. The van der Waals surface area contributed by atoms with E-state index in [1.165, 1.54) is 0 Å². The minimum Gasteiger partial charge on any atom is -0.491 e. The molecule has 1 amide bonds. The average molecular weight is 384 g/mol. The summed E-state index contributed by atoms with van der Waals surface area (Å²) in [6.07, 6.45) is 1.76. The van der Waals surface area contributed by atoms with E-state index < -0.39 is 0 Å². The zero-order valence-electron chi connectivity index (χ0n) is 16.5. The lowest BCUT2D eigenvalue weighted by atomic mass is 10.2. The summed E-state index contributed by atoms with van der Waals surface area (Å²) in [5, 5.41) is 6.22. The lowest BCUT2D eigenvalue weighted by molar-refractivity contribution is 0.0398. The third-order valence-electron chi connectivity index (χ3n) is 4.34. The highest BCUT2D eigenvalue weighted by molar-refractivity contribution is 6.03. The molecule has 0 saturated carbocycles. The number of pyridine rings is 1. The van der Waals surface area contributed by atoms with Crippen LogP contribution in [0.4, 0.5) is 11.4 Å². The molecule has 1 aliphatic rings. The van der Waals surface area contributed by atoms with Gasteiger partial charge in [-0.3, -0.25) is 14.7 Å². The molecule has 7 nitrogen and oxygen atoms in total. The van der Waals surface area contributed by atoms with Gasteiger partial charge in [0.25, 0.3) is 5.91 Å². The molecule has 150 valence electrons. The monoisotopic (exact) mass is 384 g/mol. The van der Waals surface area contributed by atoms with Crippen molar-refractivity contribution in [2.75, 3.05) is 50.0 Å². The Labute approximate surface area is 166 Å². The van der Waals surface area contributed by atoms with Crippen molar-refractivity contribution < 1.29 is 14.3 Å². The second-order valence-corrected chi connectivity index (χ2v) is 6.96. The van der Waals surface area contributed by atoms with Gasteiger partial charge in [0, 0.05) is 43.8 Å². The van der Waals surface area contributed by atoms with Crippen LogP contribution in [0.15, 0.2) is 42.6 Å². The van der Waals surface area contributed by atoms with E-state index in [2.05, 4.69) is 20.5 Å². The van der Waals surface area contributed by atoms with Crippen molar-refractivity contribution in [3.8, 4) is 5.75 Å². The van der Waals surface area contributed by atoms with E-state index in [-0.39, 0.29) is 12.0 Å². The second-order valence-electron chi connectivity index (χ2n) is 6.96. The highest BCUT2D eigenvalue weighted by Gasteiger charge is 2.11. The number of benzene rings is 1. The van der Waals surface area contributed by atoms with Crippen LogP contribution in [-0.4, -0.2) is 61.3 Å². The summed E-state index contributed by atoms with van der Waals surface area (Å²) in [6, 6.07) is 11.0. The molecule has 1 aromatic carbocycles. The zero-order chi connectivity index (χ0) is 19.8. The van der Waals surface area contributed by atoms with Crippen LogP contribution in [-0.2, 0) is 4.74 Å². The van der Waals surface area contributed by atoms with Gasteiger partial charge < -0.3 is 20.1 Å². The van der Waals surface area contributed by atoms with Gasteiger partial charge in [-0.25, -0.2) is 0 Å². The van der Waals surface area contributed by atoms with Gasteiger partial charge in [-0.2, -0.15) is 0 Å². The van der Waals surface area contributed by atoms with E-state index in [4.69, 9.17) is 9.47 Å². The largest absolute Gasteiger partial charge is 0.491 e. The zero-order valence-corrected chi connectivity index (χ0v) is 16.5. The molecule has 2 aromatic rings. The van der Waals surface area contributed by atoms with Gasteiger partial charge in [0.15, 0.2) is 0 Å². The lowest BCUT2D eigenvalue weighted by Crippen LogP contribution is -2.39. The number of morpholine rings is 1. The van der Waals surface area contributed by atoms with Crippen LogP contribution >= 0.6 is 0 Å². The van der Waals surface area contributed by atoms with Crippen molar-refractivity contribution in [1.82, 2.24) is 9.88 Å². The Morgan fingerprint density at radius 3 is 2.64 bits per heavy atom. The fourth-order valence-electron chi connectivity index (χ4n) is 2.93. The number of rotatable bonds is 8. The van der Waals surface area contributed by atoms with Gasteiger partial charge in [0.1, 0.15) is 11.4 Å². The van der Waals surface area contributed by atoms with Crippen molar-refractivity contribution in [1.29, 1.82) is 0 Å². The van der Waals surface area contributed by atoms with Gasteiger partial charge in [-0.1, -0.05) is 0 Å². The van der Waals surface area contributed by atoms with Crippen molar-refractivity contribution in [2.45, 2.75) is 20.0 Å². The molecule has 0 unspecified atom stereocenters. The number of hydrogen-bond acceptors (Lipinski definition) is 6. The number of amides is 1. The van der Waals surface area contributed by atoms with Crippen LogP contribution in [0.5, 0.6) is 5.75 Å². The lowest BCUT2D eigenvalue weighted by Gasteiger charge is -2.26. The third-order valence-corrected chi connectivity index (χ3v) is 4.34. The van der Waals surface area contributed by atoms with Gasteiger partial charge in [-0.05, 0) is 50.2 Å². The number of anilines is 2. The standard InChI is InChI=1S/C21H28N4O3/c1-16(2)28-19-5-3-17(4-6-19)24-21(26)20-15-18(7-8-23-20)22-9-10-25-11-13-27-14-12-25/h3-8,15-16H,9-14H2,1-2H3,(H,22,23)(H,24,26). The maximum absolute atomic E-state index is 12.5. The average Bonchev–Trinajstić information content (AvgIpc) is 2.70. The van der Waals surface area contributed by atoms with Crippen molar-refractivity contribution >= 4 is 17.3 Å². The SMILES string of the molecule is CC(C)Oc1ccc(NC(=O)c2cc(NCCN3CCOCC3)ccn2)cc1. The molecule has 0 atom stereocenters. The number of hydrogen-bond donors (Lipinski definition) is 2. The van der Waals surface area contributed by atoms with E-state index >= 15 is 0 Å². The van der Waals surface area contributed by atoms with Crippen molar-refractivity contribution in [3.05, 3.63) is 48.3 Å². The van der Waals surface area contributed by atoms with Crippen LogP contribution in [0.25, 0.3) is 0 Å². The highest BCUT2D eigenvalue weighted by Crippen LogP contribution is 2.18. The Morgan fingerprint density at radius 1 is 1.18 bits per heavy atom. The predicted octanol–water partition coefficient (Wildman–Crippen LogP) is 2.87. The predicted molar refractivity (Wildman–Crippen MR) is 110 cm³/mol. The van der Waals surface area contributed by atoms with Crippen molar-refractivity contribution in [3.63, 3.8) is 0 Å². The Balaban J connectivity index is 1.51. The number of ether oxygens (including phenoxy) is 2. The molecular weight excluding hydrogens is 356 g/mol. The van der Waals surface area contributed by atoms with Crippen LogP contribution in [0.2, 0.25) is 0 Å². The number of aromatic nitrogens is 1. The summed E-state index contributed by atoms with van der Waals surface area (Å²) in [7, 11) is 0. The highest BCUT2D eigenvalue weighted by atomic mass is 16.5. The first-order valence-corrected chi connectivity index (χ1v) is 9.68.